The van der Waals surface area contributed by atoms with Gasteiger partial charge >= 0.3 is 0 Å². The molecule has 1 aromatic heterocycles. The van der Waals surface area contributed by atoms with Gasteiger partial charge in [0.15, 0.2) is 0 Å². The van der Waals surface area contributed by atoms with E-state index in [9.17, 15) is 9.59 Å². The summed E-state index contributed by atoms with van der Waals surface area (Å²) in [6.45, 7) is 2.67. The summed E-state index contributed by atoms with van der Waals surface area (Å²) in [6, 6.07) is 14.8. The molecule has 32 heavy (non-hydrogen) atoms. The van der Waals surface area contributed by atoms with Crippen LogP contribution in [0.5, 0.6) is 0 Å². The van der Waals surface area contributed by atoms with Crippen LogP contribution in [0.15, 0.2) is 54.7 Å². The number of halogens is 1. The van der Waals surface area contributed by atoms with Crippen LogP contribution in [0.4, 0.5) is 0 Å². The second-order valence-electron chi connectivity index (χ2n) is 7.39. The molecular weight excluding hydrogens is 428 g/mol. The highest BCUT2D eigenvalue weighted by molar-refractivity contribution is 5.94. The van der Waals surface area contributed by atoms with E-state index < -0.39 is 6.04 Å². The molecule has 2 aromatic carbocycles. The van der Waals surface area contributed by atoms with Crippen LogP contribution >= 0.6 is 12.4 Å². The normalized spacial score (nSPS) is 11.4. The molecule has 0 bridgehead atoms. The molecule has 3 aromatic rings. The molecule has 0 aliphatic heterocycles. The van der Waals surface area contributed by atoms with E-state index >= 15 is 0 Å². The lowest BCUT2D eigenvalue weighted by Crippen LogP contribution is -2.45. The first-order valence-corrected chi connectivity index (χ1v) is 10.2. The van der Waals surface area contributed by atoms with Gasteiger partial charge in [-0.1, -0.05) is 42.5 Å². The minimum absolute atomic E-state index is 0. The number of nitrogens with one attached hydrogen (secondary N) is 5. The lowest BCUT2D eigenvalue weighted by atomic mass is 10.1. The standard InChI is InChI=1S/C23H28N6O2.ClH/c1-15(27-12-16-6-8-17(9-7-16)22(24)25)23(31)29-14-21(30)26-11-10-18-13-28-20-5-3-2-4-19(18)20;/h2-9,13,15,27-28H,10-12,14H2,1H3,(H3,24,25)(H,26,30)(H,29,31);1H. The summed E-state index contributed by atoms with van der Waals surface area (Å²) in [6.07, 6.45) is 2.67. The van der Waals surface area contributed by atoms with Crippen molar-refractivity contribution in [3.63, 3.8) is 0 Å². The number of carbonyl (C=O) groups excluding carboxylic acids is 2. The summed E-state index contributed by atoms with van der Waals surface area (Å²) in [5.41, 5.74) is 9.29. The van der Waals surface area contributed by atoms with E-state index in [1.54, 1.807) is 19.1 Å². The van der Waals surface area contributed by atoms with Crippen molar-refractivity contribution in [2.75, 3.05) is 13.1 Å². The van der Waals surface area contributed by atoms with Gasteiger partial charge in [0.05, 0.1) is 12.6 Å². The first kappa shape index (κ1) is 24.9. The summed E-state index contributed by atoms with van der Waals surface area (Å²) in [5.74, 6) is -0.445. The Bertz CT molecular complexity index is 1060. The second kappa shape index (κ2) is 11.9. The van der Waals surface area contributed by atoms with Crippen LogP contribution < -0.4 is 21.7 Å². The number of nitrogen functional groups attached to an aromatic ring is 1. The molecule has 1 heterocycles. The number of nitrogens with two attached hydrogens (primary N) is 1. The minimum Gasteiger partial charge on any atom is -0.384 e. The number of benzene rings is 2. The number of carbonyl (C=O) groups is 2. The molecule has 1 unspecified atom stereocenters. The van der Waals surface area contributed by atoms with Gasteiger partial charge < -0.3 is 26.7 Å². The molecule has 1 atom stereocenters. The predicted octanol–water partition coefficient (Wildman–Crippen LogP) is 1.83. The van der Waals surface area contributed by atoms with Crippen LogP contribution in [0.2, 0.25) is 0 Å². The van der Waals surface area contributed by atoms with Gasteiger partial charge in [-0.25, -0.2) is 0 Å². The molecule has 8 nitrogen and oxygen atoms in total. The van der Waals surface area contributed by atoms with Crippen LogP contribution in [-0.4, -0.2) is 41.8 Å². The molecule has 0 saturated heterocycles. The number of hydrogen-bond acceptors (Lipinski definition) is 4. The molecule has 0 spiro atoms. The average molecular weight is 457 g/mol. The molecule has 0 saturated carbocycles. The van der Waals surface area contributed by atoms with Gasteiger partial charge in [0.2, 0.25) is 11.8 Å². The zero-order valence-corrected chi connectivity index (χ0v) is 18.7. The van der Waals surface area contributed by atoms with Gasteiger partial charge in [-0.2, -0.15) is 0 Å². The second-order valence-corrected chi connectivity index (χ2v) is 7.39. The van der Waals surface area contributed by atoms with Crippen LogP contribution in [-0.2, 0) is 22.6 Å². The number of H-pyrrole nitrogens is 1. The molecule has 9 heteroatoms. The zero-order chi connectivity index (χ0) is 22.2. The summed E-state index contributed by atoms with van der Waals surface area (Å²) < 4.78 is 0. The molecule has 0 aliphatic rings. The highest BCUT2D eigenvalue weighted by Gasteiger charge is 2.13. The van der Waals surface area contributed by atoms with E-state index in [1.165, 1.54) is 0 Å². The average Bonchev–Trinajstić information content (AvgIpc) is 3.19. The van der Waals surface area contributed by atoms with Crippen LogP contribution in [0.1, 0.15) is 23.6 Å². The van der Waals surface area contributed by atoms with Crippen LogP contribution in [0.3, 0.4) is 0 Å². The van der Waals surface area contributed by atoms with E-state index in [0.29, 0.717) is 25.1 Å². The number of aromatic amines is 1. The van der Waals surface area contributed by atoms with Crippen molar-refractivity contribution >= 4 is 41.0 Å². The van der Waals surface area contributed by atoms with E-state index in [2.05, 4.69) is 27.0 Å². The van der Waals surface area contributed by atoms with Crippen molar-refractivity contribution in [2.24, 2.45) is 5.73 Å². The molecular formula is C23H29ClN6O2. The fourth-order valence-corrected chi connectivity index (χ4v) is 3.22. The summed E-state index contributed by atoms with van der Waals surface area (Å²) in [7, 11) is 0. The maximum absolute atomic E-state index is 12.2. The topological polar surface area (TPSA) is 136 Å². The number of fused-ring (bicyclic) bond motifs is 1. The smallest absolute Gasteiger partial charge is 0.239 e. The van der Waals surface area contributed by atoms with Gasteiger partial charge in [-0.05, 0) is 30.5 Å². The fraction of sp³-hybridized carbons (Fsp3) is 0.261. The van der Waals surface area contributed by atoms with Crippen molar-refractivity contribution in [1.82, 2.24) is 20.9 Å². The van der Waals surface area contributed by atoms with Crippen molar-refractivity contribution in [3.8, 4) is 0 Å². The van der Waals surface area contributed by atoms with Crippen LogP contribution in [0, 0.1) is 5.41 Å². The Morgan fingerprint density at radius 1 is 1.09 bits per heavy atom. The number of rotatable bonds is 10. The Morgan fingerprint density at radius 3 is 2.53 bits per heavy atom. The Balaban J connectivity index is 0.00000363. The number of amidine groups is 1. The van der Waals surface area contributed by atoms with Crippen molar-refractivity contribution in [1.29, 1.82) is 5.41 Å². The first-order chi connectivity index (χ1) is 14.9. The molecule has 3 rings (SSSR count). The lowest BCUT2D eigenvalue weighted by molar-refractivity contribution is -0.127. The number of hydrogen-bond donors (Lipinski definition) is 6. The van der Waals surface area contributed by atoms with Gasteiger partial charge in [0, 0.05) is 35.8 Å². The van der Waals surface area contributed by atoms with Gasteiger partial charge in [0.1, 0.15) is 5.84 Å². The first-order valence-electron chi connectivity index (χ1n) is 10.2. The third-order valence-electron chi connectivity index (χ3n) is 5.09. The van der Waals surface area contributed by atoms with Gasteiger partial charge in [-0.3, -0.25) is 15.0 Å². The van der Waals surface area contributed by atoms with Gasteiger partial charge in [-0.15, -0.1) is 12.4 Å². The number of para-hydroxylation sites is 1. The predicted molar refractivity (Wildman–Crippen MR) is 129 cm³/mol. The Hall–Kier alpha value is -3.36. The monoisotopic (exact) mass is 456 g/mol. The fourth-order valence-electron chi connectivity index (χ4n) is 3.22. The van der Waals surface area contributed by atoms with Crippen LogP contribution in [0.25, 0.3) is 10.9 Å². The van der Waals surface area contributed by atoms with Gasteiger partial charge in [0.25, 0.3) is 0 Å². The van der Waals surface area contributed by atoms with Crippen molar-refractivity contribution in [2.45, 2.75) is 25.9 Å². The third kappa shape index (κ3) is 6.83. The zero-order valence-electron chi connectivity index (χ0n) is 17.9. The maximum atomic E-state index is 12.2. The SMILES string of the molecule is CC(NCc1ccc(C(=N)N)cc1)C(=O)NCC(=O)NCCc1c[nH]c2ccccc12.Cl. The van der Waals surface area contributed by atoms with E-state index in [1.807, 2.05) is 36.5 Å². The van der Waals surface area contributed by atoms with E-state index in [0.717, 1.165) is 22.0 Å². The third-order valence-corrected chi connectivity index (χ3v) is 5.09. The largest absolute Gasteiger partial charge is 0.384 e. The highest BCUT2D eigenvalue weighted by Crippen LogP contribution is 2.17. The molecule has 170 valence electrons. The van der Waals surface area contributed by atoms with Crippen molar-refractivity contribution in [3.05, 3.63) is 71.4 Å². The lowest BCUT2D eigenvalue weighted by Gasteiger charge is -2.14. The number of amides is 2. The highest BCUT2D eigenvalue weighted by atomic mass is 35.5. The summed E-state index contributed by atoms with van der Waals surface area (Å²) in [4.78, 5) is 27.5. The minimum atomic E-state index is -0.452. The van der Waals surface area contributed by atoms with E-state index in [4.69, 9.17) is 11.1 Å². The summed E-state index contributed by atoms with van der Waals surface area (Å²) in [5, 5.41) is 17.2. The maximum Gasteiger partial charge on any atom is 0.239 e. The Labute approximate surface area is 193 Å². The molecule has 0 radical (unpaired) electrons. The molecule has 7 N–H and O–H groups in total. The molecule has 0 fully saturated rings. The quantitative estimate of drug-likeness (QED) is 0.205. The Morgan fingerprint density at radius 2 is 1.81 bits per heavy atom. The summed E-state index contributed by atoms with van der Waals surface area (Å²) >= 11 is 0. The molecule has 0 aliphatic carbocycles. The van der Waals surface area contributed by atoms with E-state index in [-0.39, 0.29) is 36.6 Å². The Kier molecular flexibility index (Phi) is 9.24. The number of aromatic nitrogens is 1. The van der Waals surface area contributed by atoms with Crippen molar-refractivity contribution < 1.29 is 9.59 Å². The molecule has 2 amide bonds.